The van der Waals surface area contributed by atoms with Crippen LogP contribution in [0.25, 0.3) is 0 Å². The van der Waals surface area contributed by atoms with Gasteiger partial charge in [0.2, 0.25) is 0 Å². The lowest BCUT2D eigenvalue weighted by Crippen LogP contribution is -2.46. The SMILES string of the molecule is CC=C1CC2CCC(C1)N2C(=O)c1cccn(C)c1=O. The fourth-order valence-electron chi connectivity index (χ4n) is 3.52. The number of aromatic nitrogens is 1. The van der Waals surface area contributed by atoms with Crippen molar-refractivity contribution < 1.29 is 4.79 Å². The van der Waals surface area contributed by atoms with E-state index >= 15 is 0 Å². The van der Waals surface area contributed by atoms with Crippen LogP contribution < -0.4 is 5.56 Å². The number of carbonyl (C=O) groups excluding carboxylic acids is 1. The van der Waals surface area contributed by atoms with Crippen molar-refractivity contribution in [2.24, 2.45) is 7.05 Å². The molecule has 20 heavy (non-hydrogen) atoms. The second-order valence-corrected chi connectivity index (χ2v) is 5.79. The van der Waals surface area contributed by atoms with Crippen LogP contribution in [0.3, 0.4) is 0 Å². The van der Waals surface area contributed by atoms with Crippen molar-refractivity contribution in [3.8, 4) is 0 Å². The number of amides is 1. The molecule has 0 aromatic carbocycles. The first-order chi connectivity index (χ1) is 9.61. The molecule has 2 atom stereocenters. The third-order valence-electron chi connectivity index (χ3n) is 4.61. The maximum atomic E-state index is 12.7. The zero-order valence-corrected chi connectivity index (χ0v) is 12.0. The van der Waals surface area contributed by atoms with Crippen molar-refractivity contribution in [2.45, 2.75) is 44.7 Å². The first-order valence-corrected chi connectivity index (χ1v) is 7.24. The number of allylic oxidation sites excluding steroid dienone is 1. The Kier molecular flexibility index (Phi) is 3.24. The number of nitrogens with zero attached hydrogens (tertiary/aromatic N) is 2. The second kappa shape index (κ2) is 4.93. The first-order valence-electron chi connectivity index (χ1n) is 7.24. The minimum atomic E-state index is -0.200. The number of hydrogen-bond acceptors (Lipinski definition) is 2. The molecule has 2 unspecified atom stereocenters. The van der Waals surface area contributed by atoms with Gasteiger partial charge in [-0.25, -0.2) is 0 Å². The Balaban J connectivity index is 1.93. The molecule has 2 fully saturated rings. The molecule has 0 radical (unpaired) electrons. The highest BCUT2D eigenvalue weighted by atomic mass is 16.2. The Morgan fingerprint density at radius 2 is 1.95 bits per heavy atom. The van der Waals surface area contributed by atoms with Gasteiger partial charge in [-0.05, 0) is 44.7 Å². The van der Waals surface area contributed by atoms with Gasteiger partial charge < -0.3 is 9.47 Å². The number of fused-ring (bicyclic) bond motifs is 2. The van der Waals surface area contributed by atoms with E-state index in [2.05, 4.69) is 13.0 Å². The fourth-order valence-corrected chi connectivity index (χ4v) is 3.52. The fraction of sp³-hybridized carbons (Fsp3) is 0.500. The van der Waals surface area contributed by atoms with E-state index < -0.39 is 0 Å². The Hall–Kier alpha value is -1.84. The molecule has 0 spiro atoms. The second-order valence-electron chi connectivity index (χ2n) is 5.79. The summed E-state index contributed by atoms with van der Waals surface area (Å²) in [4.78, 5) is 26.8. The summed E-state index contributed by atoms with van der Waals surface area (Å²) in [5, 5.41) is 0. The molecule has 2 saturated heterocycles. The van der Waals surface area contributed by atoms with Crippen molar-refractivity contribution in [3.05, 3.63) is 45.9 Å². The molecule has 2 aliphatic rings. The molecule has 1 aromatic rings. The molecule has 2 bridgehead atoms. The minimum absolute atomic E-state index is 0.0890. The summed E-state index contributed by atoms with van der Waals surface area (Å²) in [5.74, 6) is -0.0890. The molecule has 4 heteroatoms. The molecule has 0 N–H and O–H groups in total. The molecule has 0 aliphatic carbocycles. The summed E-state index contributed by atoms with van der Waals surface area (Å²) in [6, 6.07) is 3.96. The van der Waals surface area contributed by atoms with Crippen molar-refractivity contribution in [1.29, 1.82) is 0 Å². The highest BCUT2D eigenvalue weighted by Gasteiger charge is 2.41. The number of rotatable bonds is 1. The lowest BCUT2D eigenvalue weighted by molar-refractivity contribution is 0.0632. The van der Waals surface area contributed by atoms with Crippen LogP contribution in [0.2, 0.25) is 0 Å². The van der Waals surface area contributed by atoms with Gasteiger partial charge in [-0.3, -0.25) is 9.59 Å². The van der Waals surface area contributed by atoms with E-state index in [1.54, 1.807) is 25.4 Å². The van der Waals surface area contributed by atoms with Crippen LogP contribution in [0.15, 0.2) is 34.8 Å². The van der Waals surface area contributed by atoms with Crippen LogP contribution in [0, 0.1) is 0 Å². The quantitative estimate of drug-likeness (QED) is 0.735. The standard InChI is InChI=1S/C16H20N2O2/c1-3-11-9-12-6-7-13(10-11)18(12)16(20)14-5-4-8-17(2)15(14)19/h3-5,8,12-13H,6-7,9-10H2,1-2H3. The average Bonchev–Trinajstić information content (AvgIpc) is 2.71. The van der Waals surface area contributed by atoms with E-state index in [0.29, 0.717) is 5.56 Å². The van der Waals surface area contributed by atoms with Crippen LogP contribution in [0.1, 0.15) is 43.0 Å². The number of pyridine rings is 1. The first kappa shape index (κ1) is 13.2. The van der Waals surface area contributed by atoms with E-state index in [1.807, 2.05) is 4.90 Å². The van der Waals surface area contributed by atoms with Crippen LogP contribution >= 0.6 is 0 Å². The monoisotopic (exact) mass is 272 g/mol. The Bertz CT molecular complexity index is 614. The average molecular weight is 272 g/mol. The third kappa shape index (κ3) is 1.99. The summed E-state index contributed by atoms with van der Waals surface area (Å²) in [5.41, 5.74) is 1.55. The lowest BCUT2D eigenvalue weighted by atomic mass is 9.96. The van der Waals surface area contributed by atoms with Gasteiger partial charge in [0.1, 0.15) is 5.56 Å². The summed E-state index contributed by atoms with van der Waals surface area (Å²) in [6.07, 6.45) is 7.90. The van der Waals surface area contributed by atoms with Crippen molar-refractivity contribution >= 4 is 5.91 Å². The van der Waals surface area contributed by atoms with Crippen molar-refractivity contribution in [2.75, 3.05) is 0 Å². The van der Waals surface area contributed by atoms with Gasteiger partial charge in [-0.2, -0.15) is 0 Å². The smallest absolute Gasteiger partial charge is 0.263 e. The maximum Gasteiger partial charge on any atom is 0.263 e. The van der Waals surface area contributed by atoms with Crippen LogP contribution in [0.5, 0.6) is 0 Å². The Morgan fingerprint density at radius 1 is 1.30 bits per heavy atom. The molecular formula is C16H20N2O2. The summed E-state index contributed by atoms with van der Waals surface area (Å²) < 4.78 is 1.47. The van der Waals surface area contributed by atoms with Gasteiger partial charge in [0.25, 0.3) is 11.5 Å². The molecule has 3 rings (SSSR count). The van der Waals surface area contributed by atoms with E-state index in [4.69, 9.17) is 0 Å². The normalized spacial score (nSPS) is 24.9. The lowest BCUT2D eigenvalue weighted by Gasteiger charge is -2.36. The molecule has 2 aliphatic heterocycles. The predicted molar refractivity (Wildman–Crippen MR) is 77.7 cm³/mol. The maximum absolute atomic E-state index is 12.7. The van der Waals surface area contributed by atoms with Gasteiger partial charge in [-0.15, -0.1) is 0 Å². The molecule has 3 heterocycles. The van der Waals surface area contributed by atoms with E-state index in [0.717, 1.165) is 25.7 Å². The topological polar surface area (TPSA) is 42.3 Å². The van der Waals surface area contributed by atoms with Crippen molar-refractivity contribution in [3.63, 3.8) is 0 Å². The molecule has 0 saturated carbocycles. The van der Waals surface area contributed by atoms with Gasteiger partial charge in [0.15, 0.2) is 0 Å². The van der Waals surface area contributed by atoms with Crippen LogP contribution in [0.4, 0.5) is 0 Å². The zero-order valence-electron chi connectivity index (χ0n) is 12.0. The molecule has 106 valence electrons. The largest absolute Gasteiger partial charge is 0.332 e. The molecular weight excluding hydrogens is 252 g/mol. The van der Waals surface area contributed by atoms with E-state index in [-0.39, 0.29) is 23.6 Å². The number of carbonyl (C=O) groups is 1. The molecule has 1 amide bonds. The summed E-state index contributed by atoms with van der Waals surface area (Å²) in [7, 11) is 1.68. The zero-order chi connectivity index (χ0) is 14.3. The van der Waals surface area contributed by atoms with E-state index in [1.165, 1.54) is 10.1 Å². The highest BCUT2D eigenvalue weighted by Crippen LogP contribution is 2.38. The van der Waals surface area contributed by atoms with Crippen LogP contribution in [-0.2, 0) is 7.05 Å². The van der Waals surface area contributed by atoms with Crippen molar-refractivity contribution in [1.82, 2.24) is 9.47 Å². The molecule has 1 aromatic heterocycles. The van der Waals surface area contributed by atoms with Gasteiger partial charge in [0, 0.05) is 25.3 Å². The van der Waals surface area contributed by atoms with E-state index in [9.17, 15) is 9.59 Å². The Morgan fingerprint density at radius 3 is 2.55 bits per heavy atom. The summed E-state index contributed by atoms with van der Waals surface area (Å²) in [6.45, 7) is 2.07. The number of piperidine rings is 1. The number of aryl methyl sites for hydroxylation is 1. The van der Waals surface area contributed by atoms with Gasteiger partial charge >= 0.3 is 0 Å². The van der Waals surface area contributed by atoms with Gasteiger partial charge in [-0.1, -0.05) is 11.6 Å². The van der Waals surface area contributed by atoms with Crippen LogP contribution in [-0.4, -0.2) is 27.5 Å². The number of hydrogen-bond donors (Lipinski definition) is 0. The summed E-state index contributed by atoms with van der Waals surface area (Å²) >= 11 is 0. The highest BCUT2D eigenvalue weighted by molar-refractivity contribution is 5.94. The van der Waals surface area contributed by atoms with Gasteiger partial charge in [0.05, 0.1) is 0 Å². The Labute approximate surface area is 118 Å². The predicted octanol–water partition coefficient (Wildman–Crippen LogP) is 2.10. The third-order valence-corrected chi connectivity index (χ3v) is 4.61. The molecule has 4 nitrogen and oxygen atoms in total. The minimum Gasteiger partial charge on any atom is -0.332 e.